The molecule has 0 fully saturated rings. The SMILES string of the molecule is Fc1ccc(-c2[nH]ncc2-c2cc(F)cc(C(F)(F)F)c2)cc1. The predicted molar refractivity (Wildman–Crippen MR) is 74.4 cm³/mol. The summed E-state index contributed by atoms with van der Waals surface area (Å²) < 4.78 is 65.0. The van der Waals surface area contributed by atoms with Crippen LogP contribution in [0.1, 0.15) is 5.56 Å². The van der Waals surface area contributed by atoms with Crippen LogP contribution >= 0.6 is 0 Å². The van der Waals surface area contributed by atoms with Gasteiger partial charge in [-0.15, -0.1) is 0 Å². The van der Waals surface area contributed by atoms with Gasteiger partial charge in [-0.25, -0.2) is 8.78 Å². The van der Waals surface area contributed by atoms with E-state index in [2.05, 4.69) is 10.2 Å². The molecule has 3 rings (SSSR count). The van der Waals surface area contributed by atoms with E-state index >= 15 is 0 Å². The van der Waals surface area contributed by atoms with Crippen molar-refractivity contribution in [3.63, 3.8) is 0 Å². The summed E-state index contributed by atoms with van der Waals surface area (Å²) in [5.41, 5.74) is 0.145. The molecule has 0 saturated carbocycles. The quantitative estimate of drug-likeness (QED) is 0.657. The lowest BCUT2D eigenvalue weighted by Gasteiger charge is -2.10. The van der Waals surface area contributed by atoms with Gasteiger partial charge in [0.25, 0.3) is 0 Å². The van der Waals surface area contributed by atoms with E-state index in [1.807, 2.05) is 0 Å². The van der Waals surface area contributed by atoms with Gasteiger partial charge in [-0.2, -0.15) is 18.3 Å². The van der Waals surface area contributed by atoms with Crippen LogP contribution in [0.3, 0.4) is 0 Å². The molecule has 3 aromatic rings. The van der Waals surface area contributed by atoms with Crippen LogP contribution in [-0.2, 0) is 6.18 Å². The highest BCUT2D eigenvalue weighted by atomic mass is 19.4. The Morgan fingerprint density at radius 3 is 2.17 bits per heavy atom. The summed E-state index contributed by atoms with van der Waals surface area (Å²) in [6, 6.07) is 7.61. The molecule has 2 nitrogen and oxygen atoms in total. The largest absolute Gasteiger partial charge is 0.416 e. The second-order valence-corrected chi connectivity index (χ2v) is 4.89. The zero-order valence-corrected chi connectivity index (χ0v) is 11.5. The monoisotopic (exact) mass is 324 g/mol. The molecule has 0 unspecified atom stereocenters. The maximum atomic E-state index is 13.6. The highest BCUT2D eigenvalue weighted by molar-refractivity contribution is 5.80. The molecular formula is C16H9F5N2. The fraction of sp³-hybridized carbons (Fsp3) is 0.0625. The molecule has 23 heavy (non-hydrogen) atoms. The van der Waals surface area contributed by atoms with E-state index in [9.17, 15) is 22.0 Å². The van der Waals surface area contributed by atoms with Crippen molar-refractivity contribution < 1.29 is 22.0 Å². The van der Waals surface area contributed by atoms with Crippen LogP contribution < -0.4 is 0 Å². The van der Waals surface area contributed by atoms with E-state index in [1.165, 1.54) is 30.5 Å². The van der Waals surface area contributed by atoms with E-state index in [4.69, 9.17) is 0 Å². The first-order valence-corrected chi connectivity index (χ1v) is 6.52. The number of rotatable bonds is 2. The molecule has 1 N–H and O–H groups in total. The van der Waals surface area contributed by atoms with Crippen molar-refractivity contribution in [2.24, 2.45) is 0 Å². The minimum Gasteiger partial charge on any atom is -0.277 e. The van der Waals surface area contributed by atoms with Gasteiger partial charge >= 0.3 is 6.18 Å². The second-order valence-electron chi connectivity index (χ2n) is 4.89. The summed E-state index contributed by atoms with van der Waals surface area (Å²) in [6.07, 6.45) is -3.36. The topological polar surface area (TPSA) is 28.7 Å². The number of benzene rings is 2. The van der Waals surface area contributed by atoms with Gasteiger partial charge in [-0.05, 0) is 48.0 Å². The number of hydrogen-bond acceptors (Lipinski definition) is 1. The van der Waals surface area contributed by atoms with Crippen LogP contribution in [0.2, 0.25) is 0 Å². The van der Waals surface area contributed by atoms with Crippen molar-refractivity contribution in [1.29, 1.82) is 0 Å². The molecule has 0 amide bonds. The molecule has 0 aliphatic heterocycles. The summed E-state index contributed by atoms with van der Waals surface area (Å²) in [5, 5.41) is 6.44. The first-order chi connectivity index (χ1) is 10.8. The van der Waals surface area contributed by atoms with E-state index in [1.54, 1.807) is 0 Å². The maximum absolute atomic E-state index is 13.6. The van der Waals surface area contributed by atoms with Crippen molar-refractivity contribution >= 4 is 0 Å². The summed E-state index contributed by atoms with van der Waals surface area (Å²) in [7, 11) is 0. The normalized spacial score (nSPS) is 11.7. The highest BCUT2D eigenvalue weighted by Gasteiger charge is 2.31. The number of nitrogens with zero attached hydrogens (tertiary/aromatic N) is 1. The van der Waals surface area contributed by atoms with Gasteiger partial charge in [-0.1, -0.05) is 0 Å². The first-order valence-electron chi connectivity index (χ1n) is 6.52. The Morgan fingerprint density at radius 2 is 1.52 bits per heavy atom. The Kier molecular flexibility index (Phi) is 3.63. The maximum Gasteiger partial charge on any atom is 0.416 e. The molecule has 0 radical (unpaired) electrons. The van der Waals surface area contributed by atoms with Gasteiger partial charge < -0.3 is 0 Å². The van der Waals surface area contributed by atoms with Crippen molar-refractivity contribution in [3.8, 4) is 22.4 Å². The molecule has 1 heterocycles. The number of H-pyrrole nitrogens is 1. The molecule has 7 heteroatoms. The number of aromatic amines is 1. The van der Waals surface area contributed by atoms with Crippen LogP contribution in [0.15, 0.2) is 48.7 Å². The lowest BCUT2D eigenvalue weighted by Crippen LogP contribution is -2.05. The van der Waals surface area contributed by atoms with E-state index < -0.39 is 23.4 Å². The molecular weight excluding hydrogens is 315 g/mol. The lowest BCUT2D eigenvalue weighted by atomic mass is 9.99. The van der Waals surface area contributed by atoms with Crippen molar-refractivity contribution in [2.45, 2.75) is 6.18 Å². The van der Waals surface area contributed by atoms with E-state index in [-0.39, 0.29) is 5.56 Å². The van der Waals surface area contributed by atoms with Gasteiger partial charge in [-0.3, -0.25) is 5.10 Å². The molecule has 0 aliphatic rings. The van der Waals surface area contributed by atoms with Crippen LogP contribution in [0.25, 0.3) is 22.4 Å². The Hall–Kier alpha value is -2.70. The average Bonchev–Trinajstić information content (AvgIpc) is 2.96. The Labute approximate surface area is 127 Å². The lowest BCUT2D eigenvalue weighted by molar-refractivity contribution is -0.137. The third-order valence-electron chi connectivity index (χ3n) is 3.31. The smallest absolute Gasteiger partial charge is 0.277 e. The Bertz CT molecular complexity index is 834. The second kappa shape index (κ2) is 5.49. The van der Waals surface area contributed by atoms with Crippen LogP contribution in [-0.4, -0.2) is 10.2 Å². The fourth-order valence-electron chi connectivity index (χ4n) is 2.25. The first kappa shape index (κ1) is 15.2. The third-order valence-corrected chi connectivity index (χ3v) is 3.31. The van der Waals surface area contributed by atoms with Crippen LogP contribution in [0.4, 0.5) is 22.0 Å². The zero-order chi connectivity index (χ0) is 16.6. The Morgan fingerprint density at radius 1 is 0.826 bits per heavy atom. The molecule has 1 aromatic heterocycles. The van der Waals surface area contributed by atoms with E-state index in [0.717, 1.165) is 12.1 Å². The third kappa shape index (κ3) is 3.08. The van der Waals surface area contributed by atoms with Crippen molar-refractivity contribution in [2.75, 3.05) is 0 Å². The fourth-order valence-corrected chi connectivity index (χ4v) is 2.25. The molecule has 0 aliphatic carbocycles. The summed E-state index contributed by atoms with van der Waals surface area (Å²) in [6.45, 7) is 0. The number of alkyl halides is 3. The van der Waals surface area contributed by atoms with Gasteiger partial charge in [0.1, 0.15) is 11.6 Å². The molecule has 0 saturated heterocycles. The average molecular weight is 324 g/mol. The minimum absolute atomic E-state index is 0.0328. The molecule has 0 bridgehead atoms. The van der Waals surface area contributed by atoms with Gasteiger partial charge in [0.2, 0.25) is 0 Å². The number of aromatic nitrogens is 2. The Balaban J connectivity index is 2.12. The summed E-state index contributed by atoms with van der Waals surface area (Å²) >= 11 is 0. The molecule has 0 atom stereocenters. The molecule has 118 valence electrons. The van der Waals surface area contributed by atoms with E-state index in [0.29, 0.717) is 22.9 Å². The highest BCUT2D eigenvalue weighted by Crippen LogP contribution is 2.36. The zero-order valence-electron chi connectivity index (χ0n) is 11.5. The van der Waals surface area contributed by atoms with Crippen LogP contribution in [0, 0.1) is 11.6 Å². The predicted octanol–water partition coefficient (Wildman–Crippen LogP) is 5.04. The van der Waals surface area contributed by atoms with Crippen molar-refractivity contribution in [3.05, 3.63) is 65.9 Å². The molecule has 2 aromatic carbocycles. The van der Waals surface area contributed by atoms with Gasteiger partial charge in [0.05, 0.1) is 17.5 Å². The van der Waals surface area contributed by atoms with Gasteiger partial charge in [0.15, 0.2) is 0 Å². The summed E-state index contributed by atoms with van der Waals surface area (Å²) in [5.74, 6) is -1.44. The number of halogens is 5. The van der Waals surface area contributed by atoms with Gasteiger partial charge in [0, 0.05) is 11.1 Å². The summed E-state index contributed by atoms with van der Waals surface area (Å²) in [4.78, 5) is 0. The minimum atomic E-state index is -4.66. The number of nitrogens with one attached hydrogen (secondary N) is 1. The van der Waals surface area contributed by atoms with Crippen LogP contribution in [0.5, 0.6) is 0 Å². The number of hydrogen-bond donors (Lipinski definition) is 1. The molecule has 0 spiro atoms. The standard InChI is InChI=1S/C16H9F5N2/c17-12-3-1-9(2-4-12)15-14(8-22-23-15)10-5-11(16(19,20)21)7-13(18)6-10/h1-8H,(H,22,23). The van der Waals surface area contributed by atoms with Crippen molar-refractivity contribution in [1.82, 2.24) is 10.2 Å².